The van der Waals surface area contributed by atoms with Crippen molar-refractivity contribution >= 4 is 0 Å². The minimum Gasteiger partial charge on any atom is -0.375 e. The zero-order chi connectivity index (χ0) is 30.1. The maximum atomic E-state index is 6.18. The van der Waals surface area contributed by atoms with E-state index in [4.69, 9.17) is 9.47 Å². The molecular weight excluding hydrogens is 516 g/mol. The maximum Gasteiger partial charge on any atom is 0.0723 e. The summed E-state index contributed by atoms with van der Waals surface area (Å²) < 4.78 is 12.4. The van der Waals surface area contributed by atoms with Crippen LogP contribution in [0.1, 0.15) is 115 Å². The lowest BCUT2D eigenvalue weighted by Crippen LogP contribution is -2.24. The quantitative estimate of drug-likeness (QED) is 0.0982. The van der Waals surface area contributed by atoms with E-state index < -0.39 is 0 Å². The second-order valence-electron chi connectivity index (χ2n) is 12.3. The van der Waals surface area contributed by atoms with Gasteiger partial charge in [-0.25, -0.2) is 0 Å². The Kier molecular flexibility index (Phi) is 21.4. The summed E-state index contributed by atoms with van der Waals surface area (Å²) in [5, 5.41) is 0. The third kappa shape index (κ3) is 16.8. The van der Waals surface area contributed by atoms with Gasteiger partial charge in [0.25, 0.3) is 0 Å². The van der Waals surface area contributed by atoms with Gasteiger partial charge in [0.15, 0.2) is 0 Å². The van der Waals surface area contributed by atoms with E-state index in [1.165, 1.54) is 112 Å². The highest BCUT2D eigenvalue weighted by atomic mass is 16.5. The molecule has 0 saturated heterocycles. The minimum absolute atomic E-state index is 0.639. The van der Waals surface area contributed by atoms with Gasteiger partial charge in [-0.3, -0.25) is 0 Å². The van der Waals surface area contributed by atoms with E-state index in [0.717, 1.165) is 39.4 Å². The Balaban J connectivity index is 1.70. The molecule has 2 aromatic rings. The molecule has 0 amide bonds. The van der Waals surface area contributed by atoms with Gasteiger partial charge in [0, 0.05) is 13.1 Å². The predicted octanol–water partition coefficient (Wildman–Crippen LogP) is 9.75. The van der Waals surface area contributed by atoms with E-state index in [1.807, 2.05) is 0 Å². The van der Waals surface area contributed by atoms with Gasteiger partial charge in [-0.05, 0) is 62.3 Å². The summed E-state index contributed by atoms with van der Waals surface area (Å²) in [4.78, 5) is 4.83. The van der Waals surface area contributed by atoms with Gasteiger partial charge in [-0.1, -0.05) is 139 Å². The van der Waals surface area contributed by atoms with Crippen molar-refractivity contribution in [1.82, 2.24) is 9.80 Å². The molecule has 0 aliphatic carbocycles. The topological polar surface area (TPSA) is 24.9 Å². The Morgan fingerprint density at radius 1 is 0.452 bits per heavy atom. The predicted molar refractivity (Wildman–Crippen MR) is 182 cm³/mol. The van der Waals surface area contributed by atoms with Crippen LogP contribution >= 0.6 is 0 Å². The van der Waals surface area contributed by atoms with E-state index >= 15 is 0 Å². The molecule has 2 rings (SSSR count). The fourth-order valence-electron chi connectivity index (χ4n) is 5.52. The molecular formula is C38H64N2O2. The summed E-state index contributed by atoms with van der Waals surface area (Å²) >= 11 is 0. The molecule has 4 heteroatoms. The molecule has 0 aliphatic heterocycles. The van der Waals surface area contributed by atoms with Gasteiger partial charge >= 0.3 is 0 Å². The molecule has 238 valence electrons. The third-order valence-electron chi connectivity index (χ3n) is 8.36. The number of benzene rings is 2. The Morgan fingerprint density at radius 3 is 1.21 bits per heavy atom. The van der Waals surface area contributed by atoms with Crippen LogP contribution in [0.2, 0.25) is 0 Å². The standard InChI is InChI=1S/C38H64N2O2/c1-5-7-9-11-13-15-21-27-39(3)29-31-41-33-35-23-17-19-25-37(35)38-26-20-18-24-36(38)34-42-32-30-40(4)28-22-16-14-12-10-8-6-2/h17-20,23-26H,5-16,21-22,27-34H2,1-4H3. The van der Waals surface area contributed by atoms with E-state index in [0.29, 0.717) is 13.2 Å². The van der Waals surface area contributed by atoms with Crippen molar-refractivity contribution in [1.29, 1.82) is 0 Å². The minimum atomic E-state index is 0.639. The fourth-order valence-corrected chi connectivity index (χ4v) is 5.52. The van der Waals surface area contributed by atoms with Gasteiger partial charge in [0.1, 0.15) is 0 Å². The smallest absolute Gasteiger partial charge is 0.0723 e. The molecule has 0 spiro atoms. The molecule has 0 bridgehead atoms. The van der Waals surface area contributed by atoms with E-state index in [-0.39, 0.29) is 0 Å². The molecule has 0 atom stereocenters. The average molecular weight is 581 g/mol. The van der Waals surface area contributed by atoms with Gasteiger partial charge in [-0.15, -0.1) is 0 Å². The maximum absolute atomic E-state index is 6.18. The number of likely N-dealkylation sites (N-methyl/N-ethyl adjacent to an activating group) is 2. The zero-order valence-electron chi connectivity index (χ0n) is 27.9. The molecule has 0 radical (unpaired) electrons. The summed E-state index contributed by atoms with van der Waals surface area (Å²) in [6.45, 7) is 11.7. The normalized spacial score (nSPS) is 11.7. The fraction of sp³-hybridized carbons (Fsp3) is 0.684. The van der Waals surface area contributed by atoms with Crippen LogP contribution < -0.4 is 0 Å². The second kappa shape index (κ2) is 24.7. The first-order valence-electron chi connectivity index (χ1n) is 17.3. The molecule has 4 nitrogen and oxygen atoms in total. The molecule has 0 fully saturated rings. The highest BCUT2D eigenvalue weighted by Gasteiger charge is 2.10. The van der Waals surface area contributed by atoms with Crippen molar-refractivity contribution in [2.75, 3.05) is 53.5 Å². The van der Waals surface area contributed by atoms with Crippen LogP contribution in [0.25, 0.3) is 11.1 Å². The first-order chi connectivity index (χ1) is 20.7. The lowest BCUT2D eigenvalue weighted by atomic mass is 9.96. The first kappa shape index (κ1) is 36.5. The Bertz CT molecular complexity index is 829. The molecule has 2 aromatic carbocycles. The number of hydrogen-bond acceptors (Lipinski definition) is 4. The van der Waals surface area contributed by atoms with Crippen molar-refractivity contribution < 1.29 is 9.47 Å². The van der Waals surface area contributed by atoms with Crippen molar-refractivity contribution in [3.63, 3.8) is 0 Å². The van der Waals surface area contributed by atoms with Crippen molar-refractivity contribution in [2.45, 2.75) is 117 Å². The average Bonchev–Trinajstić information content (AvgIpc) is 3.01. The van der Waals surface area contributed by atoms with Crippen LogP contribution in [-0.2, 0) is 22.7 Å². The van der Waals surface area contributed by atoms with Crippen LogP contribution in [0.4, 0.5) is 0 Å². The number of ether oxygens (including phenoxy) is 2. The molecule has 42 heavy (non-hydrogen) atoms. The Labute approximate surface area is 260 Å². The van der Waals surface area contributed by atoms with Gasteiger partial charge in [-0.2, -0.15) is 0 Å². The molecule has 0 aromatic heterocycles. The van der Waals surface area contributed by atoms with E-state index in [1.54, 1.807) is 0 Å². The largest absolute Gasteiger partial charge is 0.375 e. The second-order valence-corrected chi connectivity index (χ2v) is 12.3. The number of rotatable bonds is 27. The van der Waals surface area contributed by atoms with Crippen LogP contribution in [0.3, 0.4) is 0 Å². The van der Waals surface area contributed by atoms with Crippen molar-refractivity contribution in [3.8, 4) is 11.1 Å². The van der Waals surface area contributed by atoms with Gasteiger partial charge in [0.05, 0.1) is 26.4 Å². The highest BCUT2D eigenvalue weighted by Crippen LogP contribution is 2.28. The monoisotopic (exact) mass is 580 g/mol. The lowest BCUT2D eigenvalue weighted by molar-refractivity contribution is 0.0985. The lowest BCUT2D eigenvalue weighted by Gasteiger charge is -2.18. The summed E-state index contributed by atoms with van der Waals surface area (Å²) in [6.07, 6.45) is 19.0. The summed E-state index contributed by atoms with van der Waals surface area (Å²) in [7, 11) is 4.44. The SMILES string of the molecule is CCCCCCCCCN(C)CCOCc1ccccc1-c1ccccc1COCCN(C)CCCCCCCCC. The molecule has 0 unspecified atom stereocenters. The third-order valence-corrected chi connectivity index (χ3v) is 8.36. The molecule has 0 saturated carbocycles. The highest BCUT2D eigenvalue weighted by molar-refractivity contribution is 5.70. The summed E-state index contributed by atoms with van der Waals surface area (Å²) in [5.41, 5.74) is 5.00. The van der Waals surface area contributed by atoms with Crippen LogP contribution in [-0.4, -0.2) is 63.3 Å². The molecule has 0 N–H and O–H groups in total. The summed E-state index contributed by atoms with van der Waals surface area (Å²) in [6, 6.07) is 17.4. The van der Waals surface area contributed by atoms with Crippen LogP contribution in [0.5, 0.6) is 0 Å². The van der Waals surface area contributed by atoms with Gasteiger partial charge < -0.3 is 19.3 Å². The zero-order valence-corrected chi connectivity index (χ0v) is 27.9. The van der Waals surface area contributed by atoms with Crippen LogP contribution in [0.15, 0.2) is 48.5 Å². The summed E-state index contributed by atoms with van der Waals surface area (Å²) in [5.74, 6) is 0. The molecule has 0 aliphatic rings. The Hall–Kier alpha value is -1.72. The molecule has 0 heterocycles. The Morgan fingerprint density at radius 2 is 0.810 bits per heavy atom. The number of unbranched alkanes of at least 4 members (excludes halogenated alkanes) is 12. The van der Waals surface area contributed by atoms with Crippen molar-refractivity contribution in [3.05, 3.63) is 59.7 Å². The van der Waals surface area contributed by atoms with Crippen molar-refractivity contribution in [2.24, 2.45) is 0 Å². The van der Waals surface area contributed by atoms with E-state index in [2.05, 4.69) is 86.3 Å². The van der Waals surface area contributed by atoms with Gasteiger partial charge in [0.2, 0.25) is 0 Å². The number of hydrogen-bond donors (Lipinski definition) is 0. The van der Waals surface area contributed by atoms with Crippen LogP contribution in [0, 0.1) is 0 Å². The van der Waals surface area contributed by atoms with E-state index in [9.17, 15) is 0 Å². The first-order valence-corrected chi connectivity index (χ1v) is 17.3. The number of nitrogens with zero attached hydrogens (tertiary/aromatic N) is 2.